The number of aromatic amines is 1. The number of aromatic nitrogens is 2. The average Bonchev–Trinajstić information content (AvgIpc) is 3.25. The van der Waals surface area contributed by atoms with Gasteiger partial charge in [0, 0.05) is 45.8 Å². The summed E-state index contributed by atoms with van der Waals surface area (Å²) < 4.78 is 22.8. The number of thiazole rings is 1. The zero-order valence-electron chi connectivity index (χ0n) is 13.1. The summed E-state index contributed by atoms with van der Waals surface area (Å²) in [5.74, 6) is -0.497. The number of carbonyl (C=O) groups is 1. The van der Waals surface area contributed by atoms with Crippen LogP contribution in [0.3, 0.4) is 0 Å². The minimum absolute atomic E-state index is 0.00111. The minimum Gasteiger partial charge on any atom is -0.360 e. The van der Waals surface area contributed by atoms with Crippen LogP contribution in [0.1, 0.15) is 6.42 Å². The van der Waals surface area contributed by atoms with Gasteiger partial charge in [-0.2, -0.15) is 0 Å². The highest BCUT2D eigenvalue weighted by Gasteiger charge is 2.24. The summed E-state index contributed by atoms with van der Waals surface area (Å²) in [5, 5.41) is 7.42. The van der Waals surface area contributed by atoms with E-state index in [4.69, 9.17) is 0 Å². The number of nitrogens with one attached hydrogen (secondary N) is 2. The first kappa shape index (κ1) is 16.0. The van der Waals surface area contributed by atoms with Gasteiger partial charge in [0.15, 0.2) is 15.0 Å². The maximum absolute atomic E-state index is 12.1. The van der Waals surface area contributed by atoms with Gasteiger partial charge in [0.1, 0.15) is 0 Å². The third-order valence-corrected chi connectivity index (χ3v) is 6.29. The number of nitrogens with zero attached hydrogens (tertiary/aromatic N) is 1. The molecule has 2 N–H and O–H groups in total. The Morgan fingerprint density at radius 1 is 1.36 bits per heavy atom. The van der Waals surface area contributed by atoms with Gasteiger partial charge >= 0.3 is 0 Å². The summed E-state index contributed by atoms with van der Waals surface area (Å²) in [6.45, 7) is 0. The van der Waals surface area contributed by atoms with Crippen molar-refractivity contribution < 1.29 is 13.2 Å². The van der Waals surface area contributed by atoms with Crippen LogP contribution in [0.4, 0.5) is 5.13 Å². The van der Waals surface area contributed by atoms with Gasteiger partial charge < -0.3 is 10.3 Å². The molecule has 0 fully saturated rings. The number of hydrogen-bond donors (Lipinski definition) is 2. The van der Waals surface area contributed by atoms with Gasteiger partial charge in [0.2, 0.25) is 5.91 Å². The van der Waals surface area contributed by atoms with E-state index in [-0.39, 0.29) is 24.0 Å². The van der Waals surface area contributed by atoms with Gasteiger partial charge in [-0.3, -0.25) is 4.79 Å². The fourth-order valence-corrected chi connectivity index (χ4v) is 5.04. The Labute approximate surface area is 148 Å². The fourth-order valence-electron chi connectivity index (χ4n) is 2.91. The topological polar surface area (TPSA) is 91.9 Å². The molecule has 1 aromatic carbocycles. The van der Waals surface area contributed by atoms with E-state index in [1.54, 1.807) is 6.08 Å². The molecule has 0 bridgehead atoms. The Balaban J connectivity index is 1.47. The lowest BCUT2D eigenvalue weighted by Crippen LogP contribution is -2.17. The zero-order chi connectivity index (χ0) is 17.4. The molecule has 4 rings (SSSR count). The monoisotopic (exact) mass is 373 g/mol. The molecule has 8 heteroatoms. The van der Waals surface area contributed by atoms with Gasteiger partial charge in [-0.25, -0.2) is 13.4 Å². The van der Waals surface area contributed by atoms with E-state index in [1.807, 2.05) is 35.8 Å². The largest absolute Gasteiger partial charge is 0.360 e. The quantitative estimate of drug-likeness (QED) is 0.735. The van der Waals surface area contributed by atoms with Crippen LogP contribution in [0.2, 0.25) is 0 Å². The molecular formula is C17H15N3O3S2. The Hall–Kier alpha value is -2.45. The fraction of sp³-hybridized carbons (Fsp3) is 0.176. The molecule has 0 radical (unpaired) electrons. The van der Waals surface area contributed by atoms with E-state index < -0.39 is 9.84 Å². The van der Waals surface area contributed by atoms with Crippen LogP contribution in [-0.4, -0.2) is 30.0 Å². The second-order valence-electron chi connectivity index (χ2n) is 5.96. The summed E-state index contributed by atoms with van der Waals surface area (Å²) in [5.41, 5.74) is 2.81. The van der Waals surface area contributed by atoms with Gasteiger partial charge in [-0.05, 0) is 6.07 Å². The van der Waals surface area contributed by atoms with Crippen LogP contribution >= 0.6 is 11.3 Å². The van der Waals surface area contributed by atoms with Gasteiger partial charge in [-0.15, -0.1) is 11.3 Å². The predicted molar refractivity (Wildman–Crippen MR) is 99.1 cm³/mol. The first-order valence-electron chi connectivity index (χ1n) is 7.73. The molecule has 0 saturated carbocycles. The molecule has 0 saturated heterocycles. The Bertz CT molecular complexity index is 1080. The molecule has 3 aromatic rings. The van der Waals surface area contributed by atoms with Crippen molar-refractivity contribution in [1.82, 2.24) is 9.97 Å². The van der Waals surface area contributed by atoms with Crippen LogP contribution in [0, 0.1) is 5.92 Å². The second-order valence-corrected chi connectivity index (χ2v) is 8.75. The average molecular weight is 373 g/mol. The predicted octanol–water partition coefficient (Wildman–Crippen LogP) is 3.18. The maximum atomic E-state index is 12.1. The van der Waals surface area contributed by atoms with Crippen molar-refractivity contribution in [3.05, 3.63) is 47.3 Å². The lowest BCUT2D eigenvalue weighted by atomic mass is 10.1. The number of carbonyl (C=O) groups excluding carboxylic acids is 1. The van der Waals surface area contributed by atoms with E-state index in [0.717, 1.165) is 22.2 Å². The minimum atomic E-state index is -3.14. The summed E-state index contributed by atoms with van der Waals surface area (Å²) in [6, 6.07) is 7.95. The van der Waals surface area contributed by atoms with Crippen molar-refractivity contribution >= 4 is 43.1 Å². The number of anilines is 1. The van der Waals surface area contributed by atoms with Crippen LogP contribution in [0.15, 0.2) is 47.3 Å². The normalized spacial score (nSPS) is 18.6. The highest BCUT2D eigenvalue weighted by molar-refractivity contribution is 7.94. The number of fused-ring (bicyclic) bond motifs is 1. The SMILES string of the molecule is O=C(CC1C=CS(=O)(=O)C1)Nc1nc(-c2c[nH]c3ccccc23)cs1. The van der Waals surface area contributed by atoms with Crippen LogP contribution < -0.4 is 5.32 Å². The summed E-state index contributed by atoms with van der Waals surface area (Å²) in [6.07, 6.45) is 3.62. The number of para-hydroxylation sites is 1. The van der Waals surface area contributed by atoms with Crippen molar-refractivity contribution in [2.24, 2.45) is 5.92 Å². The lowest BCUT2D eigenvalue weighted by Gasteiger charge is -2.05. The molecule has 2 aromatic heterocycles. The lowest BCUT2D eigenvalue weighted by molar-refractivity contribution is -0.116. The Kier molecular flexibility index (Phi) is 3.93. The number of sulfone groups is 1. The molecular weight excluding hydrogens is 358 g/mol. The van der Waals surface area contributed by atoms with Gasteiger partial charge in [0.05, 0.1) is 11.4 Å². The molecule has 1 amide bonds. The van der Waals surface area contributed by atoms with Crippen molar-refractivity contribution in [3.63, 3.8) is 0 Å². The molecule has 1 atom stereocenters. The standard InChI is InChI=1S/C17H15N3O3S2/c21-16(7-11-5-6-25(22,23)10-11)20-17-19-15(9-24-17)13-8-18-14-4-2-1-3-12(13)14/h1-6,8-9,11,18H,7,10H2,(H,19,20,21). The Morgan fingerprint density at radius 3 is 3.00 bits per heavy atom. The molecule has 1 aliphatic rings. The first-order valence-corrected chi connectivity index (χ1v) is 10.3. The third kappa shape index (κ3) is 3.35. The van der Waals surface area contributed by atoms with E-state index in [0.29, 0.717) is 5.13 Å². The number of benzene rings is 1. The first-order chi connectivity index (χ1) is 12.0. The molecule has 128 valence electrons. The highest BCUT2D eigenvalue weighted by atomic mass is 32.2. The number of rotatable bonds is 4. The number of hydrogen-bond acceptors (Lipinski definition) is 5. The van der Waals surface area contributed by atoms with E-state index in [9.17, 15) is 13.2 Å². The van der Waals surface area contributed by atoms with Crippen molar-refractivity contribution in [2.45, 2.75) is 6.42 Å². The Morgan fingerprint density at radius 2 is 2.20 bits per heavy atom. The van der Waals surface area contributed by atoms with E-state index in [1.165, 1.54) is 16.7 Å². The summed E-state index contributed by atoms with van der Waals surface area (Å²) >= 11 is 1.35. The molecule has 25 heavy (non-hydrogen) atoms. The molecule has 3 heterocycles. The highest BCUT2D eigenvalue weighted by Crippen LogP contribution is 2.31. The maximum Gasteiger partial charge on any atom is 0.226 e. The van der Waals surface area contributed by atoms with E-state index >= 15 is 0 Å². The zero-order valence-corrected chi connectivity index (χ0v) is 14.7. The summed E-state index contributed by atoms with van der Waals surface area (Å²) in [7, 11) is -3.14. The van der Waals surface area contributed by atoms with Crippen molar-refractivity contribution in [3.8, 4) is 11.3 Å². The number of allylic oxidation sites excluding steroid dienone is 1. The molecule has 1 unspecified atom stereocenters. The molecule has 1 aliphatic heterocycles. The summed E-state index contributed by atoms with van der Waals surface area (Å²) in [4.78, 5) is 19.8. The molecule has 0 spiro atoms. The van der Waals surface area contributed by atoms with Gasteiger partial charge in [0.25, 0.3) is 0 Å². The number of amides is 1. The number of H-pyrrole nitrogens is 1. The van der Waals surface area contributed by atoms with Gasteiger partial charge in [-0.1, -0.05) is 24.3 Å². The van der Waals surface area contributed by atoms with E-state index in [2.05, 4.69) is 15.3 Å². The molecule has 6 nitrogen and oxygen atoms in total. The van der Waals surface area contributed by atoms with Crippen LogP contribution in [-0.2, 0) is 14.6 Å². The smallest absolute Gasteiger partial charge is 0.226 e. The van der Waals surface area contributed by atoms with Crippen LogP contribution in [0.25, 0.3) is 22.2 Å². The van der Waals surface area contributed by atoms with Crippen molar-refractivity contribution in [1.29, 1.82) is 0 Å². The molecule has 0 aliphatic carbocycles. The van der Waals surface area contributed by atoms with Crippen LogP contribution in [0.5, 0.6) is 0 Å². The third-order valence-electron chi connectivity index (χ3n) is 4.07. The second kappa shape index (κ2) is 6.12. The van der Waals surface area contributed by atoms with Crippen molar-refractivity contribution in [2.75, 3.05) is 11.1 Å².